The summed E-state index contributed by atoms with van der Waals surface area (Å²) < 4.78 is 0.978. The summed E-state index contributed by atoms with van der Waals surface area (Å²) in [6, 6.07) is 6.83. The third-order valence-corrected chi connectivity index (χ3v) is 5.17. The molecule has 0 aromatic heterocycles. The van der Waals surface area contributed by atoms with Gasteiger partial charge in [-0.25, -0.2) is 15.1 Å². The monoisotopic (exact) mass is 532 g/mol. The summed E-state index contributed by atoms with van der Waals surface area (Å²) in [5, 5.41) is 15.2. The molecule has 30 heavy (non-hydrogen) atoms. The number of nitrogens with two attached hydrogens (primary N) is 1. The SMILES string of the molecule is CC(C)CCNC(=O)[C@H](CCCN=C(N)N[N+](=O)[O-])NC(=O)Cc1ccccc1I. The average Bonchev–Trinajstić information content (AvgIpc) is 2.65. The zero-order valence-corrected chi connectivity index (χ0v) is 19.3. The number of nitrogens with zero attached hydrogens (tertiary/aromatic N) is 2. The molecule has 0 saturated heterocycles. The van der Waals surface area contributed by atoms with E-state index in [1.54, 1.807) is 5.43 Å². The summed E-state index contributed by atoms with van der Waals surface area (Å²) in [4.78, 5) is 39.2. The van der Waals surface area contributed by atoms with Gasteiger partial charge in [-0.2, -0.15) is 0 Å². The van der Waals surface area contributed by atoms with Crippen LogP contribution in [-0.2, 0) is 16.0 Å². The number of carbonyl (C=O) groups is 2. The lowest BCUT2D eigenvalue weighted by molar-refractivity contribution is -0.525. The number of rotatable bonds is 12. The van der Waals surface area contributed by atoms with Crippen LogP contribution < -0.4 is 21.8 Å². The number of nitro groups is 1. The van der Waals surface area contributed by atoms with Crippen molar-refractivity contribution in [3.05, 3.63) is 43.5 Å². The second-order valence-electron chi connectivity index (χ2n) is 7.14. The van der Waals surface area contributed by atoms with Crippen LogP contribution in [0.25, 0.3) is 0 Å². The van der Waals surface area contributed by atoms with Crippen molar-refractivity contribution < 1.29 is 14.6 Å². The first-order valence-corrected chi connectivity index (χ1v) is 10.8. The molecule has 0 heterocycles. The number of benzene rings is 1. The number of hydrogen-bond donors (Lipinski definition) is 4. The fourth-order valence-electron chi connectivity index (χ4n) is 2.56. The Balaban J connectivity index is 2.66. The Morgan fingerprint density at radius 1 is 1.27 bits per heavy atom. The molecule has 0 spiro atoms. The van der Waals surface area contributed by atoms with Crippen LogP contribution in [0.15, 0.2) is 29.3 Å². The molecular formula is C19H29IN6O4. The van der Waals surface area contributed by atoms with Crippen molar-refractivity contribution in [2.24, 2.45) is 16.6 Å². The molecule has 166 valence electrons. The number of hydrogen-bond acceptors (Lipinski definition) is 5. The van der Waals surface area contributed by atoms with Crippen LogP contribution >= 0.6 is 22.6 Å². The third kappa shape index (κ3) is 10.9. The van der Waals surface area contributed by atoms with Gasteiger partial charge in [0.25, 0.3) is 5.96 Å². The van der Waals surface area contributed by atoms with Crippen molar-refractivity contribution in [2.45, 2.75) is 45.6 Å². The molecule has 0 aliphatic heterocycles. The van der Waals surface area contributed by atoms with Gasteiger partial charge in [0.1, 0.15) is 6.04 Å². The van der Waals surface area contributed by atoms with Crippen LogP contribution in [0.3, 0.4) is 0 Å². The molecule has 0 unspecified atom stereocenters. The molecule has 1 aromatic rings. The molecule has 0 aliphatic carbocycles. The zero-order valence-electron chi connectivity index (χ0n) is 17.2. The van der Waals surface area contributed by atoms with E-state index < -0.39 is 11.1 Å². The van der Waals surface area contributed by atoms with Crippen LogP contribution in [0.1, 0.15) is 38.7 Å². The smallest absolute Gasteiger partial charge is 0.251 e. The first-order valence-electron chi connectivity index (χ1n) is 9.70. The molecule has 0 aliphatic rings. The maximum absolute atomic E-state index is 12.6. The van der Waals surface area contributed by atoms with E-state index in [0.29, 0.717) is 25.3 Å². The van der Waals surface area contributed by atoms with E-state index >= 15 is 0 Å². The summed E-state index contributed by atoms with van der Waals surface area (Å²) in [5.74, 6) is -0.362. The van der Waals surface area contributed by atoms with Crippen molar-refractivity contribution >= 4 is 40.4 Å². The minimum Gasteiger partial charge on any atom is -0.365 e. The van der Waals surface area contributed by atoms with Crippen LogP contribution in [0.2, 0.25) is 0 Å². The highest BCUT2D eigenvalue weighted by Gasteiger charge is 2.20. The predicted molar refractivity (Wildman–Crippen MR) is 123 cm³/mol. The van der Waals surface area contributed by atoms with Crippen LogP contribution in [0, 0.1) is 19.6 Å². The zero-order chi connectivity index (χ0) is 22.5. The Hall–Kier alpha value is -2.44. The summed E-state index contributed by atoms with van der Waals surface area (Å²) in [5.41, 5.74) is 8.02. The van der Waals surface area contributed by atoms with Crippen molar-refractivity contribution in [1.29, 1.82) is 0 Å². The van der Waals surface area contributed by atoms with Crippen molar-refractivity contribution in [1.82, 2.24) is 16.1 Å². The van der Waals surface area contributed by atoms with E-state index in [-0.39, 0.29) is 30.7 Å². The van der Waals surface area contributed by atoms with E-state index in [9.17, 15) is 19.7 Å². The van der Waals surface area contributed by atoms with Crippen LogP contribution in [0.4, 0.5) is 0 Å². The third-order valence-electron chi connectivity index (χ3n) is 4.12. The van der Waals surface area contributed by atoms with Gasteiger partial charge in [0, 0.05) is 16.7 Å². The number of guanidine groups is 1. The Labute approximate surface area is 189 Å². The Morgan fingerprint density at radius 2 is 1.97 bits per heavy atom. The van der Waals surface area contributed by atoms with Crippen LogP contribution in [0.5, 0.6) is 0 Å². The number of halogens is 1. The highest BCUT2D eigenvalue weighted by molar-refractivity contribution is 14.1. The summed E-state index contributed by atoms with van der Waals surface area (Å²) in [6.45, 7) is 4.84. The Kier molecular flexibility index (Phi) is 11.7. The molecule has 0 radical (unpaired) electrons. The Bertz CT molecular complexity index is 756. The molecule has 1 rings (SSSR count). The largest absolute Gasteiger partial charge is 0.365 e. The lowest BCUT2D eigenvalue weighted by atomic mass is 10.1. The first kappa shape index (κ1) is 25.6. The topological polar surface area (TPSA) is 152 Å². The quantitative estimate of drug-likeness (QED) is 0.0797. The maximum Gasteiger partial charge on any atom is 0.251 e. The van der Waals surface area contributed by atoms with Gasteiger partial charge in [-0.1, -0.05) is 37.5 Å². The van der Waals surface area contributed by atoms with E-state index in [2.05, 4.69) is 52.1 Å². The molecule has 11 heteroatoms. The highest BCUT2D eigenvalue weighted by Crippen LogP contribution is 2.12. The molecule has 1 aromatic carbocycles. The lowest BCUT2D eigenvalue weighted by Crippen LogP contribution is -2.47. The van der Waals surface area contributed by atoms with Gasteiger partial charge < -0.3 is 16.4 Å². The van der Waals surface area contributed by atoms with Gasteiger partial charge in [-0.3, -0.25) is 9.59 Å². The van der Waals surface area contributed by atoms with Crippen molar-refractivity contribution in [3.8, 4) is 0 Å². The van der Waals surface area contributed by atoms with E-state index in [1.807, 2.05) is 24.3 Å². The highest BCUT2D eigenvalue weighted by atomic mass is 127. The minimum absolute atomic E-state index is 0.173. The molecule has 2 amide bonds. The van der Waals surface area contributed by atoms with E-state index in [4.69, 9.17) is 5.73 Å². The van der Waals surface area contributed by atoms with Gasteiger partial charge >= 0.3 is 0 Å². The first-order chi connectivity index (χ1) is 14.2. The number of hydrazine groups is 1. The molecule has 0 fully saturated rings. The minimum atomic E-state index is -0.797. The number of nitrogens with one attached hydrogen (secondary N) is 3. The standard InChI is InChI=1S/C19H29IN6O4/c1-13(2)9-11-22-18(28)16(8-5-10-23-19(21)25-26(29)30)24-17(27)12-14-6-3-4-7-15(14)20/h3-4,6-7,13,16H,5,8-12H2,1-2H3,(H,22,28)(H,24,27)(H3,21,23,25)/t16-/m0/s1. The molecule has 10 nitrogen and oxygen atoms in total. The van der Waals surface area contributed by atoms with Gasteiger partial charge in [-0.15, -0.1) is 0 Å². The maximum atomic E-state index is 12.6. The second-order valence-corrected chi connectivity index (χ2v) is 8.30. The summed E-state index contributed by atoms with van der Waals surface area (Å²) in [6.07, 6.45) is 1.76. The fourth-order valence-corrected chi connectivity index (χ4v) is 3.14. The van der Waals surface area contributed by atoms with Gasteiger partial charge in [0.15, 0.2) is 5.03 Å². The molecule has 5 N–H and O–H groups in total. The molecular weight excluding hydrogens is 503 g/mol. The molecule has 0 bridgehead atoms. The van der Waals surface area contributed by atoms with Crippen LogP contribution in [-0.4, -0.2) is 41.9 Å². The van der Waals surface area contributed by atoms with Crippen molar-refractivity contribution in [3.63, 3.8) is 0 Å². The van der Waals surface area contributed by atoms with Crippen molar-refractivity contribution in [2.75, 3.05) is 13.1 Å². The second kappa shape index (κ2) is 13.7. The van der Waals surface area contributed by atoms with Gasteiger partial charge in [-0.05, 0) is 59.4 Å². The Morgan fingerprint density at radius 3 is 2.60 bits per heavy atom. The summed E-state index contributed by atoms with van der Waals surface area (Å²) in [7, 11) is 0. The normalized spacial score (nSPS) is 12.3. The fraction of sp³-hybridized carbons (Fsp3) is 0.526. The van der Waals surface area contributed by atoms with Gasteiger partial charge in [0.2, 0.25) is 11.8 Å². The average molecular weight is 532 g/mol. The predicted octanol–water partition coefficient (Wildman–Crippen LogP) is 1.36. The lowest BCUT2D eigenvalue weighted by Gasteiger charge is -2.19. The number of amides is 2. The number of carbonyl (C=O) groups excluding carboxylic acids is 2. The van der Waals surface area contributed by atoms with Gasteiger partial charge in [0.05, 0.1) is 6.42 Å². The number of aliphatic imine (C=N–C) groups is 1. The molecule has 1 atom stereocenters. The van der Waals surface area contributed by atoms with E-state index in [1.165, 1.54) is 0 Å². The van der Waals surface area contributed by atoms with E-state index in [0.717, 1.165) is 15.6 Å². The summed E-state index contributed by atoms with van der Waals surface area (Å²) >= 11 is 2.17. The molecule has 0 saturated carbocycles.